The second-order valence-electron chi connectivity index (χ2n) is 24.6. The molecule has 466 valence electrons. The topological polar surface area (TPSA) is 108 Å². The van der Waals surface area contributed by atoms with Gasteiger partial charge < -0.3 is 18.9 Å². The van der Waals surface area contributed by atoms with Crippen molar-refractivity contribution < 1.29 is 42.1 Å². The van der Waals surface area contributed by atoms with Crippen molar-refractivity contribution in [1.29, 1.82) is 0 Å². The van der Waals surface area contributed by atoms with Crippen LogP contribution in [0, 0.1) is 0 Å². The van der Waals surface area contributed by atoms with E-state index in [1.54, 1.807) is 0 Å². The molecule has 0 aromatic carbocycles. The van der Waals surface area contributed by atoms with Gasteiger partial charge in [0.2, 0.25) is 0 Å². The minimum atomic E-state index is -4.38. The molecule has 10 heteroatoms. The van der Waals surface area contributed by atoms with Gasteiger partial charge in [-0.05, 0) is 51.4 Å². The summed E-state index contributed by atoms with van der Waals surface area (Å²) in [7, 11) is 1.50. The molecule has 0 aliphatic carbocycles. The number of hydrogen-bond donors (Lipinski definition) is 1. The van der Waals surface area contributed by atoms with Crippen LogP contribution in [0.15, 0.2) is 36.5 Å². The van der Waals surface area contributed by atoms with Crippen molar-refractivity contribution in [3.8, 4) is 0 Å². The SMILES string of the molecule is CCCCCCC/C=C\C/C=C\C/C=C\CCCCCCCCCCCCCCCCCCCCCCCCCCCCC(=O)OC(COC(=O)CCCCCCCCCCCCCCCC)COP(=O)(O)OCC[N+](C)(C)C. The Morgan fingerprint density at radius 3 is 1.01 bits per heavy atom. The predicted molar refractivity (Wildman–Crippen MR) is 340 cm³/mol. The van der Waals surface area contributed by atoms with Gasteiger partial charge in [0.1, 0.15) is 19.8 Å². The average Bonchev–Trinajstić information content (AvgIpc) is 3.41. The van der Waals surface area contributed by atoms with E-state index >= 15 is 0 Å². The number of allylic oxidation sites excluding steroid dienone is 6. The molecule has 79 heavy (non-hydrogen) atoms. The summed E-state index contributed by atoms with van der Waals surface area (Å²) in [4.78, 5) is 35.7. The molecule has 9 nitrogen and oxygen atoms in total. The van der Waals surface area contributed by atoms with Crippen LogP contribution < -0.4 is 0 Å². The van der Waals surface area contributed by atoms with E-state index in [-0.39, 0.29) is 25.6 Å². The van der Waals surface area contributed by atoms with Gasteiger partial charge >= 0.3 is 19.8 Å². The standard InChI is InChI=1S/C69H132NO8P/c1-6-8-10-12-14-16-18-20-22-23-24-25-26-27-28-29-30-31-32-33-34-35-36-37-38-39-40-41-42-43-44-45-46-47-48-50-52-54-56-58-60-62-69(72)78-67(66-77-79(73,74)76-64-63-70(3,4)5)65-75-68(71)61-59-57-55-53-51-49-21-19-17-15-13-11-9-7-2/h18,20,23-24,26-27,67H,6-17,19,21-22,25,28-66H2,1-5H3/p+1/b20-18-,24-23-,27-26-. The van der Waals surface area contributed by atoms with E-state index in [4.69, 9.17) is 18.5 Å². The molecule has 2 atom stereocenters. The number of phosphoric ester groups is 1. The van der Waals surface area contributed by atoms with E-state index in [9.17, 15) is 19.0 Å². The first-order chi connectivity index (χ1) is 38.5. The van der Waals surface area contributed by atoms with Crippen LogP contribution in [0.1, 0.15) is 341 Å². The van der Waals surface area contributed by atoms with E-state index in [2.05, 4.69) is 50.3 Å². The van der Waals surface area contributed by atoms with Crippen molar-refractivity contribution in [2.45, 2.75) is 347 Å². The van der Waals surface area contributed by atoms with Crippen molar-refractivity contribution in [1.82, 2.24) is 0 Å². The second kappa shape index (κ2) is 60.8. The normalized spacial score (nSPS) is 13.3. The summed E-state index contributed by atoms with van der Waals surface area (Å²) in [5, 5.41) is 0. The van der Waals surface area contributed by atoms with Gasteiger partial charge in [-0.25, -0.2) is 4.57 Å². The van der Waals surface area contributed by atoms with Gasteiger partial charge in [-0.1, -0.05) is 314 Å². The lowest BCUT2D eigenvalue weighted by Gasteiger charge is -2.24. The zero-order valence-electron chi connectivity index (χ0n) is 53.1. The number of ether oxygens (including phenoxy) is 2. The van der Waals surface area contributed by atoms with Gasteiger partial charge in [0.25, 0.3) is 0 Å². The molecule has 0 aliphatic heterocycles. The van der Waals surface area contributed by atoms with Crippen LogP contribution in [0.4, 0.5) is 0 Å². The molecule has 2 unspecified atom stereocenters. The number of hydrogen-bond acceptors (Lipinski definition) is 7. The van der Waals surface area contributed by atoms with Crippen molar-refractivity contribution >= 4 is 19.8 Å². The number of carbonyl (C=O) groups excluding carboxylic acids is 2. The highest BCUT2D eigenvalue weighted by molar-refractivity contribution is 7.47. The van der Waals surface area contributed by atoms with Gasteiger partial charge in [-0.2, -0.15) is 0 Å². The van der Waals surface area contributed by atoms with Gasteiger partial charge in [-0.3, -0.25) is 18.6 Å². The first-order valence-corrected chi connectivity index (χ1v) is 35.7. The summed E-state index contributed by atoms with van der Waals surface area (Å²) >= 11 is 0. The molecular weight excluding hydrogens is 1000 g/mol. The number of esters is 2. The number of carbonyl (C=O) groups is 2. The van der Waals surface area contributed by atoms with Gasteiger partial charge in [0.05, 0.1) is 27.7 Å². The van der Waals surface area contributed by atoms with Crippen LogP contribution in [0.5, 0.6) is 0 Å². The molecule has 0 saturated carbocycles. The fourth-order valence-corrected chi connectivity index (χ4v) is 10.9. The Labute approximate surface area is 491 Å². The smallest absolute Gasteiger partial charge is 0.462 e. The number of rotatable bonds is 64. The Morgan fingerprint density at radius 1 is 0.392 bits per heavy atom. The lowest BCUT2D eigenvalue weighted by molar-refractivity contribution is -0.870. The van der Waals surface area contributed by atoms with E-state index in [0.29, 0.717) is 23.9 Å². The summed E-state index contributed by atoms with van der Waals surface area (Å²) in [6.45, 7) is 4.47. The number of nitrogens with zero attached hydrogens (tertiary/aromatic N) is 1. The Kier molecular flexibility index (Phi) is 59.4. The highest BCUT2D eigenvalue weighted by Gasteiger charge is 2.27. The summed E-state index contributed by atoms with van der Waals surface area (Å²) in [5.74, 6) is -0.777. The lowest BCUT2D eigenvalue weighted by atomic mass is 10.0. The molecular formula is C69H133NO8P+. The number of likely N-dealkylation sites (N-methyl/N-ethyl adjacent to an activating group) is 1. The molecule has 0 saturated heterocycles. The van der Waals surface area contributed by atoms with Crippen LogP contribution in [-0.2, 0) is 32.7 Å². The van der Waals surface area contributed by atoms with Crippen LogP contribution in [0.25, 0.3) is 0 Å². The minimum Gasteiger partial charge on any atom is -0.462 e. The first kappa shape index (κ1) is 77.2. The summed E-state index contributed by atoms with van der Waals surface area (Å²) in [6.07, 6.45) is 77.0. The summed E-state index contributed by atoms with van der Waals surface area (Å²) < 4.78 is 34.6. The molecule has 0 rings (SSSR count). The van der Waals surface area contributed by atoms with Crippen molar-refractivity contribution in [2.24, 2.45) is 0 Å². The number of unbranched alkanes of at least 4 members (excludes halogenated alkanes) is 44. The monoisotopic (exact) mass is 1130 g/mol. The van der Waals surface area contributed by atoms with Crippen molar-refractivity contribution in [2.75, 3.05) is 47.5 Å². The van der Waals surface area contributed by atoms with E-state index in [1.807, 2.05) is 21.1 Å². The van der Waals surface area contributed by atoms with Crippen molar-refractivity contribution in [3.05, 3.63) is 36.5 Å². The number of quaternary nitrogens is 1. The van der Waals surface area contributed by atoms with E-state index in [1.165, 1.54) is 263 Å². The Hall–Kier alpha value is -1.77. The summed E-state index contributed by atoms with van der Waals surface area (Å²) in [6, 6.07) is 0. The molecule has 0 aromatic heterocycles. The first-order valence-electron chi connectivity index (χ1n) is 34.2. The maximum absolute atomic E-state index is 12.8. The fraction of sp³-hybridized carbons (Fsp3) is 0.884. The van der Waals surface area contributed by atoms with Gasteiger partial charge in [0, 0.05) is 12.8 Å². The van der Waals surface area contributed by atoms with Gasteiger partial charge in [0.15, 0.2) is 6.10 Å². The Morgan fingerprint density at radius 2 is 0.684 bits per heavy atom. The molecule has 0 spiro atoms. The van der Waals surface area contributed by atoms with Gasteiger partial charge in [-0.15, -0.1) is 0 Å². The van der Waals surface area contributed by atoms with Crippen LogP contribution >= 0.6 is 7.82 Å². The lowest BCUT2D eigenvalue weighted by Crippen LogP contribution is -2.37. The summed E-state index contributed by atoms with van der Waals surface area (Å²) in [5.41, 5.74) is 0. The molecule has 1 N–H and O–H groups in total. The maximum Gasteiger partial charge on any atom is 0.472 e. The molecule has 0 aromatic rings. The van der Waals surface area contributed by atoms with E-state index in [0.717, 1.165) is 44.9 Å². The number of phosphoric acid groups is 1. The van der Waals surface area contributed by atoms with Crippen LogP contribution in [0.2, 0.25) is 0 Å². The zero-order valence-corrected chi connectivity index (χ0v) is 54.0. The quantitative estimate of drug-likeness (QED) is 0.0211. The highest BCUT2D eigenvalue weighted by Crippen LogP contribution is 2.43. The molecule has 0 aliphatic rings. The molecule has 0 amide bonds. The Balaban J connectivity index is 3.84. The third-order valence-electron chi connectivity index (χ3n) is 15.4. The van der Waals surface area contributed by atoms with E-state index < -0.39 is 26.5 Å². The van der Waals surface area contributed by atoms with Crippen LogP contribution in [0.3, 0.4) is 0 Å². The third kappa shape index (κ3) is 65.3. The van der Waals surface area contributed by atoms with Crippen molar-refractivity contribution in [3.63, 3.8) is 0 Å². The molecule has 0 fully saturated rings. The third-order valence-corrected chi connectivity index (χ3v) is 16.4. The largest absolute Gasteiger partial charge is 0.472 e. The minimum absolute atomic E-state index is 0.0356. The Bertz CT molecular complexity index is 1430. The van der Waals surface area contributed by atoms with Crippen LogP contribution in [-0.4, -0.2) is 74.9 Å². The second-order valence-corrected chi connectivity index (χ2v) is 26.0. The average molecular weight is 1140 g/mol. The molecule has 0 heterocycles. The zero-order chi connectivity index (χ0) is 57.7. The fourth-order valence-electron chi connectivity index (χ4n) is 10.1. The molecule has 0 radical (unpaired) electrons. The predicted octanol–water partition coefficient (Wildman–Crippen LogP) is 21.9. The highest BCUT2D eigenvalue weighted by atomic mass is 31.2. The maximum atomic E-state index is 12.8. The molecule has 0 bridgehead atoms.